The van der Waals surface area contributed by atoms with Crippen molar-refractivity contribution in [2.75, 3.05) is 26.2 Å². The molecule has 1 saturated heterocycles. The predicted molar refractivity (Wildman–Crippen MR) is 121 cm³/mol. The number of halogens is 1. The van der Waals surface area contributed by atoms with Gasteiger partial charge in [0, 0.05) is 17.6 Å². The highest BCUT2D eigenvalue weighted by Gasteiger charge is 2.16. The van der Waals surface area contributed by atoms with Gasteiger partial charge in [-0.3, -0.25) is 4.79 Å². The third-order valence-corrected chi connectivity index (χ3v) is 6.17. The van der Waals surface area contributed by atoms with Crippen LogP contribution in [0.5, 0.6) is 5.75 Å². The van der Waals surface area contributed by atoms with Crippen LogP contribution in [0, 0.1) is 19.7 Å². The number of piperidine rings is 1. The quantitative estimate of drug-likeness (QED) is 0.535. The van der Waals surface area contributed by atoms with Crippen molar-refractivity contribution in [1.29, 1.82) is 0 Å². The monoisotopic (exact) mass is 423 g/mol. The SMILES string of the molecule is Cc1[nH]c2c(F)ccc(C)c2c1CCNC(=O)COc1cccc(C2CCNCC2)c1. The predicted octanol–water partition coefficient (Wildman–Crippen LogP) is 4.13. The van der Waals surface area contributed by atoms with E-state index in [0.717, 1.165) is 53.9 Å². The Labute approximate surface area is 182 Å². The molecule has 0 unspecified atom stereocenters. The lowest BCUT2D eigenvalue weighted by Gasteiger charge is -2.23. The number of ether oxygens (including phenoxy) is 1. The molecule has 1 fully saturated rings. The summed E-state index contributed by atoms with van der Waals surface area (Å²) in [6.07, 6.45) is 2.88. The molecule has 0 radical (unpaired) electrons. The van der Waals surface area contributed by atoms with Gasteiger partial charge in [0.05, 0.1) is 5.52 Å². The molecule has 4 rings (SSSR count). The van der Waals surface area contributed by atoms with Crippen LogP contribution in [-0.2, 0) is 11.2 Å². The normalized spacial score (nSPS) is 14.7. The van der Waals surface area contributed by atoms with E-state index in [2.05, 4.69) is 27.8 Å². The number of aromatic amines is 1. The van der Waals surface area contributed by atoms with Gasteiger partial charge in [0.1, 0.15) is 11.6 Å². The highest BCUT2D eigenvalue weighted by atomic mass is 19.1. The van der Waals surface area contributed by atoms with E-state index in [1.807, 2.05) is 26.0 Å². The molecule has 0 spiro atoms. The van der Waals surface area contributed by atoms with E-state index in [1.54, 1.807) is 6.07 Å². The number of carbonyl (C=O) groups is 1. The first-order valence-corrected chi connectivity index (χ1v) is 11.0. The van der Waals surface area contributed by atoms with Crippen LogP contribution < -0.4 is 15.4 Å². The van der Waals surface area contributed by atoms with Crippen LogP contribution in [0.1, 0.15) is 41.1 Å². The second-order valence-corrected chi connectivity index (χ2v) is 8.33. The number of fused-ring (bicyclic) bond motifs is 1. The van der Waals surface area contributed by atoms with Crippen LogP contribution in [0.15, 0.2) is 36.4 Å². The Morgan fingerprint density at radius 2 is 2.00 bits per heavy atom. The van der Waals surface area contributed by atoms with Crippen LogP contribution in [0.25, 0.3) is 10.9 Å². The van der Waals surface area contributed by atoms with E-state index in [-0.39, 0.29) is 18.3 Å². The molecule has 5 nitrogen and oxygen atoms in total. The number of benzene rings is 2. The van der Waals surface area contributed by atoms with Crippen molar-refractivity contribution in [3.63, 3.8) is 0 Å². The molecule has 6 heteroatoms. The van der Waals surface area contributed by atoms with Crippen molar-refractivity contribution in [2.45, 2.75) is 39.0 Å². The van der Waals surface area contributed by atoms with E-state index in [4.69, 9.17) is 4.74 Å². The molecule has 0 atom stereocenters. The standard InChI is InChI=1S/C25H30FN3O2/c1-16-6-7-22(26)25-24(16)21(17(2)29-25)10-13-28-23(30)15-31-20-5-3-4-19(14-20)18-8-11-27-12-9-18/h3-7,14,18,27,29H,8-13,15H2,1-2H3,(H,28,30). The molecule has 31 heavy (non-hydrogen) atoms. The highest BCUT2D eigenvalue weighted by molar-refractivity contribution is 5.88. The van der Waals surface area contributed by atoms with Gasteiger partial charge in [0.2, 0.25) is 0 Å². The summed E-state index contributed by atoms with van der Waals surface area (Å²) in [5.41, 5.74) is 4.82. The Kier molecular flexibility index (Phi) is 6.56. The minimum atomic E-state index is -0.251. The van der Waals surface area contributed by atoms with Gasteiger partial charge in [-0.05, 0) is 87.0 Å². The average Bonchev–Trinajstić information content (AvgIpc) is 3.13. The third-order valence-electron chi connectivity index (χ3n) is 6.17. The molecule has 3 N–H and O–H groups in total. The first kappa shape index (κ1) is 21.4. The first-order chi connectivity index (χ1) is 15.0. The first-order valence-electron chi connectivity index (χ1n) is 11.0. The van der Waals surface area contributed by atoms with Crippen LogP contribution >= 0.6 is 0 Å². The van der Waals surface area contributed by atoms with Crippen molar-refractivity contribution in [3.8, 4) is 5.75 Å². The molecule has 164 valence electrons. The zero-order valence-corrected chi connectivity index (χ0v) is 18.2. The van der Waals surface area contributed by atoms with E-state index in [0.29, 0.717) is 24.4 Å². The molecule has 1 aliphatic heterocycles. The fourth-order valence-electron chi connectivity index (χ4n) is 4.50. The average molecular weight is 424 g/mol. The number of hydrogen-bond acceptors (Lipinski definition) is 3. The molecule has 0 saturated carbocycles. The molecular formula is C25H30FN3O2. The topological polar surface area (TPSA) is 66.2 Å². The summed E-state index contributed by atoms with van der Waals surface area (Å²) in [7, 11) is 0. The van der Waals surface area contributed by atoms with Crippen molar-refractivity contribution in [3.05, 3.63) is 64.6 Å². The minimum absolute atomic E-state index is 0.0177. The van der Waals surface area contributed by atoms with Crippen LogP contribution in [0.3, 0.4) is 0 Å². The lowest BCUT2D eigenvalue weighted by atomic mass is 9.90. The van der Waals surface area contributed by atoms with Crippen molar-refractivity contribution in [1.82, 2.24) is 15.6 Å². The second-order valence-electron chi connectivity index (χ2n) is 8.33. The minimum Gasteiger partial charge on any atom is -0.484 e. The summed E-state index contributed by atoms with van der Waals surface area (Å²) in [5.74, 6) is 0.864. The fraction of sp³-hybridized carbons (Fsp3) is 0.400. The number of hydrogen-bond donors (Lipinski definition) is 3. The molecule has 0 bridgehead atoms. The number of aryl methyl sites for hydroxylation is 2. The third kappa shape index (κ3) is 4.90. The Hall–Kier alpha value is -2.86. The van der Waals surface area contributed by atoms with Crippen molar-refractivity contribution < 1.29 is 13.9 Å². The van der Waals surface area contributed by atoms with Crippen molar-refractivity contribution >= 4 is 16.8 Å². The van der Waals surface area contributed by atoms with Crippen LogP contribution in [-0.4, -0.2) is 37.1 Å². The number of aromatic nitrogens is 1. The Balaban J connectivity index is 1.30. The van der Waals surface area contributed by atoms with Gasteiger partial charge >= 0.3 is 0 Å². The zero-order valence-electron chi connectivity index (χ0n) is 18.2. The lowest BCUT2D eigenvalue weighted by Crippen LogP contribution is -2.30. The van der Waals surface area contributed by atoms with E-state index < -0.39 is 0 Å². The largest absolute Gasteiger partial charge is 0.484 e. The molecule has 0 aliphatic carbocycles. The summed E-state index contributed by atoms with van der Waals surface area (Å²) in [6, 6.07) is 11.3. The van der Waals surface area contributed by atoms with Gasteiger partial charge in [0.15, 0.2) is 6.61 Å². The van der Waals surface area contributed by atoms with Gasteiger partial charge in [-0.15, -0.1) is 0 Å². The summed E-state index contributed by atoms with van der Waals surface area (Å²) in [6.45, 7) is 6.45. The van der Waals surface area contributed by atoms with Crippen LogP contribution in [0.4, 0.5) is 4.39 Å². The number of rotatable bonds is 7. The summed E-state index contributed by atoms with van der Waals surface area (Å²) in [5, 5.41) is 7.21. The molecule has 2 heterocycles. The Morgan fingerprint density at radius 3 is 2.81 bits per heavy atom. The maximum absolute atomic E-state index is 14.1. The van der Waals surface area contributed by atoms with Gasteiger partial charge in [-0.1, -0.05) is 18.2 Å². The smallest absolute Gasteiger partial charge is 0.257 e. The van der Waals surface area contributed by atoms with Crippen molar-refractivity contribution in [2.24, 2.45) is 0 Å². The lowest BCUT2D eigenvalue weighted by molar-refractivity contribution is -0.123. The second kappa shape index (κ2) is 9.52. The Bertz CT molecular complexity index is 1070. The number of H-pyrrole nitrogens is 1. The molecule has 1 aliphatic rings. The molecular weight excluding hydrogens is 393 g/mol. The van der Waals surface area contributed by atoms with Gasteiger partial charge in [-0.25, -0.2) is 4.39 Å². The summed E-state index contributed by atoms with van der Waals surface area (Å²) >= 11 is 0. The maximum Gasteiger partial charge on any atom is 0.257 e. The summed E-state index contributed by atoms with van der Waals surface area (Å²) in [4.78, 5) is 15.4. The Morgan fingerprint density at radius 1 is 1.19 bits per heavy atom. The fourth-order valence-corrected chi connectivity index (χ4v) is 4.50. The maximum atomic E-state index is 14.1. The van der Waals surface area contributed by atoms with Gasteiger partial charge in [0.25, 0.3) is 5.91 Å². The van der Waals surface area contributed by atoms with E-state index >= 15 is 0 Å². The highest BCUT2D eigenvalue weighted by Crippen LogP contribution is 2.29. The van der Waals surface area contributed by atoms with Gasteiger partial charge in [-0.2, -0.15) is 0 Å². The molecule has 2 aromatic carbocycles. The van der Waals surface area contributed by atoms with E-state index in [9.17, 15) is 9.18 Å². The molecule has 1 amide bonds. The molecule has 1 aromatic heterocycles. The van der Waals surface area contributed by atoms with E-state index in [1.165, 1.54) is 11.6 Å². The summed E-state index contributed by atoms with van der Waals surface area (Å²) < 4.78 is 19.8. The number of nitrogens with one attached hydrogen (secondary N) is 3. The van der Waals surface area contributed by atoms with Crippen LogP contribution in [0.2, 0.25) is 0 Å². The van der Waals surface area contributed by atoms with Gasteiger partial charge < -0.3 is 20.4 Å². The number of amides is 1. The molecule has 3 aromatic rings. The number of carbonyl (C=O) groups excluding carboxylic acids is 1. The zero-order chi connectivity index (χ0) is 21.8.